The lowest BCUT2D eigenvalue weighted by Crippen LogP contribution is -2.32. The molecule has 0 bridgehead atoms. The van der Waals surface area contributed by atoms with E-state index in [0.29, 0.717) is 11.5 Å². The van der Waals surface area contributed by atoms with Crippen molar-refractivity contribution in [3.63, 3.8) is 0 Å². The van der Waals surface area contributed by atoms with E-state index in [1.165, 1.54) is 19.3 Å². The molecule has 1 fully saturated rings. The molecule has 4 nitrogen and oxygen atoms in total. The van der Waals surface area contributed by atoms with Crippen molar-refractivity contribution in [2.45, 2.75) is 19.3 Å². The molecule has 1 aromatic heterocycles. The van der Waals surface area contributed by atoms with E-state index in [1.54, 1.807) is 25.4 Å². The molecule has 0 radical (unpaired) electrons. The average Bonchev–Trinajstić information content (AvgIpc) is 2.27. The van der Waals surface area contributed by atoms with E-state index >= 15 is 0 Å². The van der Waals surface area contributed by atoms with Crippen molar-refractivity contribution in [1.82, 2.24) is 10.3 Å². The Labute approximate surface area is 95.5 Å². The topological polar surface area (TPSA) is 54.0 Å². The summed E-state index contributed by atoms with van der Waals surface area (Å²) >= 11 is 0. The maximum Gasteiger partial charge on any atom is 0.251 e. The standard InChI is InChI=1S/C12H17N3O/c1-13-11-7-10(5-6-14-11)12(16)15-8-9-3-2-4-9/h5-7,9H,2-4,8H2,1H3,(H,13,14)(H,15,16). The van der Waals surface area contributed by atoms with Crippen LogP contribution in [0.2, 0.25) is 0 Å². The maximum absolute atomic E-state index is 11.8. The van der Waals surface area contributed by atoms with Gasteiger partial charge in [0.05, 0.1) is 0 Å². The summed E-state index contributed by atoms with van der Waals surface area (Å²) < 4.78 is 0. The molecule has 4 heteroatoms. The van der Waals surface area contributed by atoms with E-state index in [9.17, 15) is 4.79 Å². The Bertz CT molecular complexity index is 374. The molecule has 16 heavy (non-hydrogen) atoms. The van der Waals surface area contributed by atoms with Gasteiger partial charge in [-0.1, -0.05) is 6.42 Å². The van der Waals surface area contributed by atoms with Crippen LogP contribution in [0, 0.1) is 5.92 Å². The third-order valence-corrected chi connectivity index (χ3v) is 3.05. The Morgan fingerprint density at radius 2 is 2.38 bits per heavy atom. The molecule has 2 rings (SSSR count). The van der Waals surface area contributed by atoms with Crippen molar-refractivity contribution in [1.29, 1.82) is 0 Å². The number of nitrogens with zero attached hydrogens (tertiary/aromatic N) is 1. The van der Waals surface area contributed by atoms with Gasteiger partial charge >= 0.3 is 0 Å². The predicted octanol–water partition coefficient (Wildman–Crippen LogP) is 1.65. The Morgan fingerprint density at radius 3 is 3.00 bits per heavy atom. The summed E-state index contributed by atoms with van der Waals surface area (Å²) in [5.41, 5.74) is 0.665. The van der Waals surface area contributed by atoms with Gasteiger partial charge in [0.25, 0.3) is 5.91 Å². The lowest BCUT2D eigenvalue weighted by molar-refractivity contribution is 0.0939. The summed E-state index contributed by atoms with van der Waals surface area (Å²) in [6, 6.07) is 3.49. The number of rotatable bonds is 4. The highest BCUT2D eigenvalue weighted by Crippen LogP contribution is 2.25. The minimum atomic E-state index is -0.00852. The molecule has 0 aliphatic heterocycles. The molecule has 0 spiro atoms. The fourth-order valence-corrected chi connectivity index (χ4v) is 1.74. The van der Waals surface area contributed by atoms with Crippen molar-refractivity contribution in [3.05, 3.63) is 23.9 Å². The first-order valence-electron chi connectivity index (χ1n) is 5.71. The molecule has 86 valence electrons. The smallest absolute Gasteiger partial charge is 0.251 e. The van der Waals surface area contributed by atoms with Crippen molar-refractivity contribution in [3.8, 4) is 0 Å². The van der Waals surface area contributed by atoms with E-state index in [-0.39, 0.29) is 5.91 Å². The molecule has 0 unspecified atom stereocenters. The number of hydrogen-bond donors (Lipinski definition) is 2. The molecule has 1 aliphatic rings. The fourth-order valence-electron chi connectivity index (χ4n) is 1.74. The summed E-state index contributed by atoms with van der Waals surface area (Å²) in [7, 11) is 1.79. The number of nitrogens with one attached hydrogen (secondary N) is 2. The lowest BCUT2D eigenvalue weighted by Gasteiger charge is -2.25. The van der Waals surface area contributed by atoms with Crippen LogP contribution >= 0.6 is 0 Å². The number of carbonyl (C=O) groups excluding carboxylic acids is 1. The third kappa shape index (κ3) is 2.51. The van der Waals surface area contributed by atoms with Gasteiger partial charge in [-0.3, -0.25) is 4.79 Å². The van der Waals surface area contributed by atoms with Crippen LogP contribution < -0.4 is 10.6 Å². The average molecular weight is 219 g/mol. The van der Waals surface area contributed by atoms with Crippen molar-refractivity contribution in [2.75, 3.05) is 18.9 Å². The molecule has 1 amide bonds. The highest BCUT2D eigenvalue weighted by atomic mass is 16.1. The molecule has 0 atom stereocenters. The van der Waals surface area contributed by atoms with Crippen LogP contribution in [0.4, 0.5) is 5.82 Å². The van der Waals surface area contributed by atoms with Crippen LogP contribution in [0.3, 0.4) is 0 Å². The van der Waals surface area contributed by atoms with Gasteiger partial charge < -0.3 is 10.6 Å². The van der Waals surface area contributed by atoms with Gasteiger partial charge in [0.15, 0.2) is 0 Å². The van der Waals surface area contributed by atoms with E-state index < -0.39 is 0 Å². The summed E-state index contributed by atoms with van der Waals surface area (Å²) in [5, 5.41) is 5.88. The van der Waals surface area contributed by atoms with Crippen molar-refractivity contribution < 1.29 is 4.79 Å². The summed E-state index contributed by atoms with van der Waals surface area (Å²) in [5.74, 6) is 1.40. The van der Waals surface area contributed by atoms with Crippen LogP contribution in [0.25, 0.3) is 0 Å². The van der Waals surface area contributed by atoms with Gasteiger partial charge in [-0.15, -0.1) is 0 Å². The molecular weight excluding hydrogens is 202 g/mol. The number of anilines is 1. The largest absolute Gasteiger partial charge is 0.373 e. The normalized spacial score (nSPS) is 15.3. The minimum Gasteiger partial charge on any atom is -0.373 e. The Balaban J connectivity index is 1.91. The monoisotopic (exact) mass is 219 g/mol. The minimum absolute atomic E-state index is 0.00852. The van der Waals surface area contributed by atoms with Gasteiger partial charge in [-0.05, 0) is 30.9 Å². The molecule has 1 aliphatic carbocycles. The molecular formula is C12H17N3O. The molecule has 1 heterocycles. The molecule has 0 aromatic carbocycles. The van der Waals surface area contributed by atoms with E-state index in [4.69, 9.17) is 0 Å². The summed E-state index contributed by atoms with van der Waals surface area (Å²) in [6.07, 6.45) is 5.45. The first kappa shape index (κ1) is 10.9. The fraction of sp³-hybridized carbons (Fsp3) is 0.500. The van der Waals surface area contributed by atoms with Gasteiger partial charge in [-0.25, -0.2) is 4.98 Å². The number of carbonyl (C=O) groups is 1. The van der Waals surface area contributed by atoms with Crippen LogP contribution in [0.1, 0.15) is 29.6 Å². The van der Waals surface area contributed by atoms with Gasteiger partial charge in [0.1, 0.15) is 5.82 Å². The molecule has 1 aromatic rings. The Morgan fingerprint density at radius 1 is 1.56 bits per heavy atom. The van der Waals surface area contributed by atoms with Gasteiger partial charge in [0.2, 0.25) is 0 Å². The quantitative estimate of drug-likeness (QED) is 0.809. The first-order valence-corrected chi connectivity index (χ1v) is 5.71. The van der Waals surface area contributed by atoms with Crippen molar-refractivity contribution >= 4 is 11.7 Å². The molecule has 1 saturated carbocycles. The van der Waals surface area contributed by atoms with E-state index in [2.05, 4.69) is 15.6 Å². The Kier molecular flexibility index (Phi) is 3.39. The lowest BCUT2D eigenvalue weighted by atomic mass is 9.85. The zero-order chi connectivity index (χ0) is 11.4. The van der Waals surface area contributed by atoms with E-state index in [0.717, 1.165) is 12.4 Å². The summed E-state index contributed by atoms with van der Waals surface area (Å²) in [4.78, 5) is 15.9. The highest BCUT2D eigenvalue weighted by Gasteiger charge is 2.18. The van der Waals surface area contributed by atoms with E-state index in [1.807, 2.05) is 0 Å². The van der Waals surface area contributed by atoms with Gasteiger partial charge in [-0.2, -0.15) is 0 Å². The number of aromatic nitrogens is 1. The second kappa shape index (κ2) is 4.96. The van der Waals surface area contributed by atoms with Crippen molar-refractivity contribution in [2.24, 2.45) is 5.92 Å². The zero-order valence-electron chi connectivity index (χ0n) is 9.49. The number of amides is 1. The summed E-state index contributed by atoms with van der Waals surface area (Å²) in [6.45, 7) is 0.802. The predicted molar refractivity (Wildman–Crippen MR) is 63.5 cm³/mol. The highest BCUT2D eigenvalue weighted by molar-refractivity contribution is 5.94. The number of hydrogen-bond acceptors (Lipinski definition) is 3. The molecule has 2 N–H and O–H groups in total. The van der Waals surface area contributed by atoms with Crippen LogP contribution in [-0.4, -0.2) is 24.5 Å². The number of pyridine rings is 1. The zero-order valence-corrected chi connectivity index (χ0v) is 9.49. The second-order valence-electron chi connectivity index (χ2n) is 4.19. The second-order valence-corrected chi connectivity index (χ2v) is 4.19. The van der Waals surface area contributed by atoms with Crippen LogP contribution in [-0.2, 0) is 0 Å². The third-order valence-electron chi connectivity index (χ3n) is 3.05. The van der Waals surface area contributed by atoms with Gasteiger partial charge in [0, 0.05) is 25.4 Å². The molecule has 0 saturated heterocycles. The van der Waals surface area contributed by atoms with Crippen LogP contribution in [0.5, 0.6) is 0 Å². The first-order chi connectivity index (χ1) is 7.79. The SMILES string of the molecule is CNc1cc(C(=O)NCC2CCC2)ccn1. The maximum atomic E-state index is 11.8. The Hall–Kier alpha value is -1.58. The van der Waals surface area contributed by atoms with Crippen LogP contribution in [0.15, 0.2) is 18.3 Å².